The highest BCUT2D eigenvalue weighted by Gasteiger charge is 2.09. The molecule has 0 heterocycles. The predicted molar refractivity (Wildman–Crippen MR) is 83.3 cm³/mol. The molecule has 0 amide bonds. The summed E-state index contributed by atoms with van der Waals surface area (Å²) in [5.41, 5.74) is 6.86. The summed E-state index contributed by atoms with van der Waals surface area (Å²) >= 11 is 15.4. The quantitative estimate of drug-likeness (QED) is 0.776. The fraction of sp³-hybridized carbons (Fsp3) is 0.143. The maximum Gasteiger partial charge on any atom is 0.146 e. The Kier molecular flexibility index (Phi) is 4.74. The molecule has 0 unspecified atom stereocenters. The first-order valence-corrected chi connectivity index (χ1v) is 7.20. The molecule has 5 heteroatoms. The van der Waals surface area contributed by atoms with Gasteiger partial charge in [-0.25, -0.2) is 0 Å². The molecule has 0 aliphatic carbocycles. The highest BCUT2D eigenvalue weighted by molar-refractivity contribution is 9.10. The molecule has 2 rings (SSSR count). The number of ether oxygens (including phenoxy) is 1. The fourth-order valence-electron chi connectivity index (χ4n) is 1.56. The van der Waals surface area contributed by atoms with E-state index in [1.807, 2.05) is 25.1 Å². The van der Waals surface area contributed by atoms with Gasteiger partial charge in [-0.05, 0) is 58.7 Å². The number of hydrogen-bond acceptors (Lipinski definition) is 2. The molecule has 0 radical (unpaired) electrons. The van der Waals surface area contributed by atoms with Crippen molar-refractivity contribution in [2.75, 3.05) is 0 Å². The lowest BCUT2D eigenvalue weighted by Crippen LogP contribution is -2.04. The number of halogens is 3. The third kappa shape index (κ3) is 3.63. The maximum atomic E-state index is 6.07. The van der Waals surface area contributed by atoms with Gasteiger partial charge in [-0.2, -0.15) is 0 Å². The second-order valence-electron chi connectivity index (χ2n) is 4.16. The average Bonchev–Trinajstić information content (AvgIpc) is 2.34. The van der Waals surface area contributed by atoms with E-state index in [-0.39, 0.29) is 6.04 Å². The van der Waals surface area contributed by atoms with Gasteiger partial charge in [0.25, 0.3) is 0 Å². The van der Waals surface area contributed by atoms with E-state index in [1.54, 1.807) is 18.2 Å². The summed E-state index contributed by atoms with van der Waals surface area (Å²) in [7, 11) is 0. The SMILES string of the molecule is C[C@@H](N)c1ccc(Oc2ccc(Cl)cc2Cl)c(Br)c1. The standard InChI is InChI=1S/C14H12BrCl2NO/c1-8(18)9-2-4-13(11(15)6-9)19-14-5-3-10(16)7-12(14)17/h2-8H,18H2,1H3/t8-/m1/s1. The molecule has 0 spiro atoms. The minimum atomic E-state index is -0.0236. The summed E-state index contributed by atoms with van der Waals surface area (Å²) in [4.78, 5) is 0. The number of rotatable bonds is 3. The minimum absolute atomic E-state index is 0.0236. The molecule has 2 aromatic rings. The van der Waals surface area contributed by atoms with Crippen molar-refractivity contribution in [2.45, 2.75) is 13.0 Å². The van der Waals surface area contributed by atoms with Crippen molar-refractivity contribution < 1.29 is 4.74 Å². The zero-order chi connectivity index (χ0) is 14.0. The second kappa shape index (κ2) is 6.14. The molecule has 0 aromatic heterocycles. The lowest BCUT2D eigenvalue weighted by molar-refractivity contribution is 0.479. The Morgan fingerprint density at radius 3 is 2.37 bits per heavy atom. The van der Waals surface area contributed by atoms with E-state index in [1.165, 1.54) is 0 Å². The summed E-state index contributed by atoms with van der Waals surface area (Å²) in [6, 6.07) is 10.8. The number of hydrogen-bond donors (Lipinski definition) is 1. The molecule has 0 saturated carbocycles. The van der Waals surface area contributed by atoms with Gasteiger partial charge >= 0.3 is 0 Å². The van der Waals surface area contributed by atoms with Crippen LogP contribution in [-0.2, 0) is 0 Å². The molecule has 2 N–H and O–H groups in total. The molecule has 2 nitrogen and oxygen atoms in total. The number of benzene rings is 2. The Bertz CT molecular complexity index is 602. The molecule has 0 bridgehead atoms. The summed E-state index contributed by atoms with van der Waals surface area (Å²) in [5, 5.41) is 1.04. The second-order valence-corrected chi connectivity index (χ2v) is 5.85. The Labute approximate surface area is 130 Å². The van der Waals surface area contributed by atoms with Crippen molar-refractivity contribution in [3.63, 3.8) is 0 Å². The van der Waals surface area contributed by atoms with Gasteiger partial charge in [0.05, 0.1) is 9.50 Å². The van der Waals surface area contributed by atoms with E-state index < -0.39 is 0 Å². The first-order valence-electron chi connectivity index (χ1n) is 5.65. The molecular formula is C14H12BrCl2NO. The molecule has 0 aliphatic heterocycles. The van der Waals surface area contributed by atoms with Crippen LogP contribution in [0.2, 0.25) is 10.0 Å². The van der Waals surface area contributed by atoms with Crippen molar-refractivity contribution in [2.24, 2.45) is 5.73 Å². The van der Waals surface area contributed by atoms with Crippen LogP contribution >= 0.6 is 39.1 Å². The van der Waals surface area contributed by atoms with Gasteiger partial charge in [-0.3, -0.25) is 0 Å². The highest BCUT2D eigenvalue weighted by atomic mass is 79.9. The van der Waals surface area contributed by atoms with E-state index in [0.717, 1.165) is 10.0 Å². The van der Waals surface area contributed by atoms with E-state index in [0.29, 0.717) is 21.5 Å². The van der Waals surface area contributed by atoms with Crippen LogP contribution in [0.4, 0.5) is 0 Å². The largest absolute Gasteiger partial charge is 0.455 e. The van der Waals surface area contributed by atoms with Crippen LogP contribution in [-0.4, -0.2) is 0 Å². The summed E-state index contributed by atoms with van der Waals surface area (Å²) in [6.07, 6.45) is 0. The third-order valence-corrected chi connectivity index (χ3v) is 3.75. The molecular weight excluding hydrogens is 349 g/mol. The van der Waals surface area contributed by atoms with E-state index in [2.05, 4.69) is 15.9 Å². The first-order chi connectivity index (χ1) is 8.97. The summed E-state index contributed by atoms with van der Waals surface area (Å²) < 4.78 is 6.58. The predicted octanol–water partition coefficient (Wildman–Crippen LogP) is 5.57. The van der Waals surface area contributed by atoms with Gasteiger partial charge < -0.3 is 10.5 Å². The molecule has 100 valence electrons. The van der Waals surface area contributed by atoms with Gasteiger partial charge in [0, 0.05) is 11.1 Å². The Morgan fingerprint density at radius 1 is 1.11 bits per heavy atom. The normalized spacial score (nSPS) is 12.3. The van der Waals surface area contributed by atoms with Crippen molar-refractivity contribution >= 4 is 39.1 Å². The van der Waals surface area contributed by atoms with Gasteiger partial charge in [0.2, 0.25) is 0 Å². The Morgan fingerprint density at radius 2 is 1.79 bits per heavy atom. The van der Waals surface area contributed by atoms with Crippen LogP contribution in [0.5, 0.6) is 11.5 Å². The minimum Gasteiger partial charge on any atom is -0.455 e. The maximum absolute atomic E-state index is 6.07. The Balaban J connectivity index is 2.28. The van der Waals surface area contributed by atoms with Crippen LogP contribution in [0.25, 0.3) is 0 Å². The fourth-order valence-corrected chi connectivity index (χ4v) is 2.48. The molecule has 1 atom stereocenters. The van der Waals surface area contributed by atoms with Gasteiger partial charge in [-0.1, -0.05) is 29.3 Å². The topological polar surface area (TPSA) is 35.2 Å². The molecule has 19 heavy (non-hydrogen) atoms. The van der Waals surface area contributed by atoms with Crippen LogP contribution in [0.1, 0.15) is 18.5 Å². The van der Waals surface area contributed by atoms with E-state index in [9.17, 15) is 0 Å². The Hall–Kier alpha value is -0.740. The smallest absolute Gasteiger partial charge is 0.146 e. The van der Waals surface area contributed by atoms with Crippen molar-refractivity contribution in [3.8, 4) is 11.5 Å². The van der Waals surface area contributed by atoms with E-state index in [4.69, 9.17) is 33.7 Å². The van der Waals surface area contributed by atoms with Crippen molar-refractivity contribution in [1.82, 2.24) is 0 Å². The zero-order valence-corrected chi connectivity index (χ0v) is 13.3. The molecule has 0 fully saturated rings. The van der Waals surface area contributed by atoms with Crippen LogP contribution in [0, 0.1) is 0 Å². The molecule has 0 aliphatic rings. The van der Waals surface area contributed by atoms with Crippen molar-refractivity contribution in [1.29, 1.82) is 0 Å². The van der Waals surface area contributed by atoms with Crippen molar-refractivity contribution in [3.05, 3.63) is 56.5 Å². The van der Waals surface area contributed by atoms with Gasteiger partial charge in [0.15, 0.2) is 0 Å². The summed E-state index contributed by atoms with van der Waals surface area (Å²) in [6.45, 7) is 1.93. The lowest BCUT2D eigenvalue weighted by atomic mass is 10.1. The number of nitrogens with two attached hydrogens (primary N) is 1. The van der Waals surface area contributed by atoms with E-state index >= 15 is 0 Å². The monoisotopic (exact) mass is 359 g/mol. The van der Waals surface area contributed by atoms with Crippen LogP contribution < -0.4 is 10.5 Å². The molecule has 0 saturated heterocycles. The zero-order valence-electron chi connectivity index (χ0n) is 10.2. The third-order valence-electron chi connectivity index (χ3n) is 2.60. The highest BCUT2D eigenvalue weighted by Crippen LogP contribution is 2.35. The first kappa shape index (κ1) is 14.7. The average molecular weight is 361 g/mol. The summed E-state index contributed by atoms with van der Waals surface area (Å²) in [5.74, 6) is 1.23. The lowest BCUT2D eigenvalue weighted by Gasteiger charge is -2.12. The van der Waals surface area contributed by atoms with Gasteiger partial charge in [0.1, 0.15) is 11.5 Å². The molecule has 2 aromatic carbocycles. The van der Waals surface area contributed by atoms with Crippen LogP contribution in [0.15, 0.2) is 40.9 Å². The van der Waals surface area contributed by atoms with Crippen LogP contribution in [0.3, 0.4) is 0 Å². The van der Waals surface area contributed by atoms with Gasteiger partial charge in [-0.15, -0.1) is 0 Å².